The number of aryl methyl sites for hydroxylation is 3. The van der Waals surface area contributed by atoms with Crippen molar-refractivity contribution in [2.45, 2.75) is 27.4 Å². The summed E-state index contributed by atoms with van der Waals surface area (Å²) >= 11 is 0. The number of benzene rings is 2. The van der Waals surface area contributed by atoms with E-state index in [1.54, 1.807) is 6.07 Å². The van der Waals surface area contributed by atoms with Gasteiger partial charge in [0.2, 0.25) is 0 Å². The number of hydrogen-bond acceptors (Lipinski definition) is 2. The predicted molar refractivity (Wildman–Crippen MR) is 81.7 cm³/mol. The van der Waals surface area contributed by atoms with Gasteiger partial charge in [-0.1, -0.05) is 23.8 Å². The van der Waals surface area contributed by atoms with Crippen LogP contribution in [0.3, 0.4) is 0 Å². The van der Waals surface area contributed by atoms with Gasteiger partial charge in [0.25, 0.3) is 5.91 Å². The highest BCUT2D eigenvalue weighted by Gasteiger charge is 2.12. The summed E-state index contributed by atoms with van der Waals surface area (Å²) in [7, 11) is 0. The fraction of sp³-hybridized carbons (Fsp3) is 0.235. The summed E-state index contributed by atoms with van der Waals surface area (Å²) in [5.41, 5.74) is 4.00. The largest absolute Gasteiger partial charge is 0.435 e. The van der Waals surface area contributed by atoms with E-state index in [0.717, 1.165) is 22.4 Å². The van der Waals surface area contributed by atoms with Gasteiger partial charge in [0.05, 0.1) is 0 Å². The van der Waals surface area contributed by atoms with Gasteiger partial charge in [0.15, 0.2) is 0 Å². The van der Waals surface area contributed by atoms with Gasteiger partial charge in [0.1, 0.15) is 5.75 Å². The van der Waals surface area contributed by atoms with Crippen LogP contribution in [0.15, 0.2) is 36.4 Å². The number of nitrogens with one attached hydrogen (secondary N) is 1. The van der Waals surface area contributed by atoms with E-state index in [0.29, 0.717) is 0 Å². The third kappa shape index (κ3) is 3.81. The number of carbonyl (C=O) groups is 1. The van der Waals surface area contributed by atoms with Crippen molar-refractivity contribution in [3.05, 3.63) is 58.7 Å². The lowest BCUT2D eigenvalue weighted by molar-refractivity contribution is -0.0498. The molecule has 3 nitrogen and oxygen atoms in total. The van der Waals surface area contributed by atoms with E-state index in [9.17, 15) is 13.6 Å². The van der Waals surface area contributed by atoms with Crippen molar-refractivity contribution in [3.8, 4) is 5.75 Å². The van der Waals surface area contributed by atoms with Crippen LogP contribution in [0.1, 0.15) is 27.0 Å². The lowest BCUT2D eigenvalue weighted by atomic mass is 10.0. The predicted octanol–water partition coefficient (Wildman–Crippen LogP) is 4.47. The quantitative estimate of drug-likeness (QED) is 0.905. The topological polar surface area (TPSA) is 38.3 Å². The van der Waals surface area contributed by atoms with E-state index in [1.807, 2.05) is 32.9 Å². The van der Waals surface area contributed by atoms with E-state index in [-0.39, 0.29) is 17.2 Å². The highest BCUT2D eigenvalue weighted by Crippen LogP contribution is 2.23. The molecular formula is C17H17F2NO2. The molecule has 0 saturated heterocycles. The molecule has 116 valence electrons. The first kappa shape index (κ1) is 15.9. The Labute approximate surface area is 127 Å². The van der Waals surface area contributed by atoms with Crippen molar-refractivity contribution in [2.24, 2.45) is 0 Å². The molecule has 0 aliphatic heterocycles. The molecule has 0 heterocycles. The van der Waals surface area contributed by atoms with Crippen molar-refractivity contribution >= 4 is 11.6 Å². The summed E-state index contributed by atoms with van der Waals surface area (Å²) < 4.78 is 28.7. The fourth-order valence-corrected chi connectivity index (χ4v) is 2.38. The highest BCUT2D eigenvalue weighted by atomic mass is 19.3. The average Bonchev–Trinajstić information content (AvgIpc) is 2.42. The summed E-state index contributed by atoms with van der Waals surface area (Å²) in [4.78, 5) is 12.3. The fourth-order valence-electron chi connectivity index (χ4n) is 2.38. The SMILES string of the molecule is Cc1cc(C)c(NC(=O)c2cccc(OC(F)F)c2)c(C)c1. The number of halogens is 2. The molecule has 1 N–H and O–H groups in total. The molecule has 22 heavy (non-hydrogen) atoms. The lowest BCUT2D eigenvalue weighted by Gasteiger charge is -2.13. The van der Waals surface area contributed by atoms with Gasteiger partial charge in [-0.2, -0.15) is 8.78 Å². The van der Waals surface area contributed by atoms with E-state index in [4.69, 9.17) is 0 Å². The maximum absolute atomic E-state index is 12.3. The zero-order chi connectivity index (χ0) is 16.3. The summed E-state index contributed by atoms with van der Waals surface area (Å²) in [5, 5.41) is 2.82. The Hall–Kier alpha value is -2.43. The van der Waals surface area contributed by atoms with Crippen molar-refractivity contribution in [1.29, 1.82) is 0 Å². The molecule has 0 bridgehead atoms. The van der Waals surface area contributed by atoms with Crippen LogP contribution in [0.4, 0.5) is 14.5 Å². The molecule has 0 radical (unpaired) electrons. The third-order valence-corrected chi connectivity index (χ3v) is 3.24. The van der Waals surface area contributed by atoms with Crippen molar-refractivity contribution in [3.63, 3.8) is 0 Å². The molecule has 2 aromatic carbocycles. The minimum atomic E-state index is -2.92. The maximum Gasteiger partial charge on any atom is 0.387 e. The Kier molecular flexibility index (Phi) is 4.75. The van der Waals surface area contributed by atoms with Gasteiger partial charge in [-0.15, -0.1) is 0 Å². The first-order chi connectivity index (χ1) is 10.4. The molecule has 2 rings (SSSR count). The van der Waals surface area contributed by atoms with E-state index in [1.165, 1.54) is 18.2 Å². The lowest BCUT2D eigenvalue weighted by Crippen LogP contribution is -2.14. The standard InChI is InChI=1S/C17H17F2NO2/c1-10-7-11(2)15(12(3)8-10)20-16(21)13-5-4-6-14(9-13)22-17(18)19/h4-9,17H,1-3H3,(H,20,21). The number of anilines is 1. The van der Waals surface area contributed by atoms with Gasteiger partial charge in [-0.05, 0) is 50.1 Å². The molecule has 0 fully saturated rings. The van der Waals surface area contributed by atoms with Crippen LogP contribution in [0.2, 0.25) is 0 Å². The van der Waals surface area contributed by atoms with Crippen LogP contribution < -0.4 is 10.1 Å². The number of carbonyl (C=O) groups excluding carboxylic acids is 1. The normalized spacial score (nSPS) is 10.6. The Bertz CT molecular complexity index is 676. The van der Waals surface area contributed by atoms with Crippen LogP contribution in [-0.2, 0) is 0 Å². The van der Waals surface area contributed by atoms with Crippen LogP contribution in [0.5, 0.6) is 5.75 Å². The van der Waals surface area contributed by atoms with Gasteiger partial charge in [-0.3, -0.25) is 4.79 Å². The minimum Gasteiger partial charge on any atom is -0.435 e. The second-order valence-electron chi connectivity index (χ2n) is 5.13. The van der Waals surface area contributed by atoms with Gasteiger partial charge in [-0.25, -0.2) is 0 Å². The maximum atomic E-state index is 12.3. The zero-order valence-corrected chi connectivity index (χ0v) is 12.6. The summed E-state index contributed by atoms with van der Waals surface area (Å²) in [5.74, 6) is -0.408. The third-order valence-electron chi connectivity index (χ3n) is 3.24. The van der Waals surface area contributed by atoms with Crippen LogP contribution in [0, 0.1) is 20.8 Å². The summed E-state index contributed by atoms with van der Waals surface area (Å²) in [6.07, 6.45) is 0. The molecule has 5 heteroatoms. The monoisotopic (exact) mass is 305 g/mol. The Morgan fingerprint density at radius 1 is 1.09 bits per heavy atom. The first-order valence-electron chi connectivity index (χ1n) is 6.81. The van der Waals surface area contributed by atoms with Gasteiger partial charge in [0, 0.05) is 11.3 Å². The second-order valence-corrected chi connectivity index (χ2v) is 5.13. The molecule has 2 aromatic rings. The molecule has 0 aliphatic carbocycles. The second kappa shape index (κ2) is 6.56. The smallest absolute Gasteiger partial charge is 0.387 e. The number of hydrogen-bond donors (Lipinski definition) is 1. The number of rotatable bonds is 4. The van der Waals surface area contributed by atoms with Crippen molar-refractivity contribution < 1.29 is 18.3 Å². The summed E-state index contributed by atoms with van der Waals surface area (Å²) in [6.45, 7) is 2.88. The van der Waals surface area contributed by atoms with E-state index < -0.39 is 6.61 Å². The molecule has 0 aromatic heterocycles. The molecule has 0 aliphatic rings. The van der Waals surface area contributed by atoms with Gasteiger partial charge >= 0.3 is 6.61 Å². The Morgan fingerprint density at radius 3 is 2.32 bits per heavy atom. The van der Waals surface area contributed by atoms with Crippen LogP contribution >= 0.6 is 0 Å². The van der Waals surface area contributed by atoms with Gasteiger partial charge < -0.3 is 10.1 Å². The number of alkyl halides is 2. The average molecular weight is 305 g/mol. The molecular weight excluding hydrogens is 288 g/mol. The number of amides is 1. The molecule has 0 atom stereocenters. The van der Waals surface area contributed by atoms with Crippen LogP contribution in [0.25, 0.3) is 0 Å². The zero-order valence-electron chi connectivity index (χ0n) is 12.6. The Balaban J connectivity index is 2.23. The minimum absolute atomic E-state index is 0.0417. The highest BCUT2D eigenvalue weighted by molar-refractivity contribution is 6.05. The van der Waals surface area contributed by atoms with Crippen molar-refractivity contribution in [2.75, 3.05) is 5.32 Å². The molecule has 1 amide bonds. The van der Waals surface area contributed by atoms with E-state index >= 15 is 0 Å². The summed E-state index contributed by atoms with van der Waals surface area (Å²) in [6, 6.07) is 9.66. The Morgan fingerprint density at radius 2 is 1.73 bits per heavy atom. The molecule has 0 unspecified atom stereocenters. The number of ether oxygens (including phenoxy) is 1. The molecule has 0 spiro atoms. The molecule has 0 saturated carbocycles. The van der Waals surface area contributed by atoms with E-state index in [2.05, 4.69) is 10.1 Å². The van der Waals surface area contributed by atoms with Crippen molar-refractivity contribution in [1.82, 2.24) is 0 Å². The first-order valence-corrected chi connectivity index (χ1v) is 6.81. The van der Waals surface area contributed by atoms with Crippen LogP contribution in [-0.4, -0.2) is 12.5 Å².